The zero-order chi connectivity index (χ0) is 28.1. The minimum atomic E-state index is -1.17. The summed E-state index contributed by atoms with van der Waals surface area (Å²) >= 11 is 0. The first-order chi connectivity index (χ1) is 18.4. The number of aromatic nitrogens is 2. The zero-order valence-corrected chi connectivity index (χ0v) is 23.8. The number of benzene rings is 2. The highest BCUT2D eigenvalue weighted by Crippen LogP contribution is 2.45. The average molecular weight is 528 g/mol. The second-order valence-electron chi connectivity index (χ2n) is 11.8. The number of aliphatic carboxylic acids is 1. The van der Waals surface area contributed by atoms with E-state index in [1.54, 1.807) is 0 Å². The Labute approximate surface area is 229 Å². The molecule has 0 saturated carbocycles. The molecule has 7 heteroatoms. The van der Waals surface area contributed by atoms with Gasteiger partial charge in [-0.25, -0.2) is 9.78 Å². The molecule has 4 aromatic rings. The molecule has 1 N–H and O–H groups in total. The van der Waals surface area contributed by atoms with E-state index in [-0.39, 0.29) is 0 Å². The van der Waals surface area contributed by atoms with E-state index >= 15 is 0 Å². The van der Waals surface area contributed by atoms with E-state index in [2.05, 4.69) is 24.8 Å². The van der Waals surface area contributed by atoms with E-state index < -0.39 is 17.7 Å². The van der Waals surface area contributed by atoms with Gasteiger partial charge in [0.05, 0.1) is 23.2 Å². The lowest BCUT2D eigenvalue weighted by atomic mass is 9.86. The average Bonchev–Trinajstić information content (AvgIpc) is 2.86. The van der Waals surface area contributed by atoms with Gasteiger partial charge in [0.1, 0.15) is 11.6 Å². The molecule has 204 valence electrons. The van der Waals surface area contributed by atoms with Crippen molar-refractivity contribution in [1.82, 2.24) is 9.97 Å². The smallest absolute Gasteiger partial charge is 0.337 e. The molecule has 0 spiro atoms. The summed E-state index contributed by atoms with van der Waals surface area (Å²) in [5.41, 5.74) is 5.16. The molecule has 5 rings (SSSR count). The van der Waals surface area contributed by atoms with Crippen molar-refractivity contribution in [2.45, 2.75) is 59.7 Å². The first kappa shape index (κ1) is 26.9. The highest BCUT2D eigenvalue weighted by atomic mass is 16.5. The molecule has 2 aromatic heterocycles. The van der Waals surface area contributed by atoms with Crippen LogP contribution in [0.1, 0.15) is 57.4 Å². The Balaban J connectivity index is 1.85. The maximum atomic E-state index is 12.7. The summed E-state index contributed by atoms with van der Waals surface area (Å²) in [6.45, 7) is 13.4. The fraction of sp³-hybridized carbons (Fsp3) is 0.406. The van der Waals surface area contributed by atoms with Gasteiger partial charge in [-0.1, -0.05) is 13.8 Å². The van der Waals surface area contributed by atoms with Gasteiger partial charge in [-0.15, -0.1) is 0 Å². The quantitative estimate of drug-likeness (QED) is 0.285. The number of fused-ring (bicyclic) bond motifs is 1. The summed E-state index contributed by atoms with van der Waals surface area (Å²) in [5.74, 6) is 1.13. The Morgan fingerprint density at radius 1 is 1.18 bits per heavy atom. The van der Waals surface area contributed by atoms with Gasteiger partial charge in [-0.05, 0) is 86.7 Å². The molecule has 1 aliphatic rings. The molecule has 1 aliphatic heterocycles. The van der Waals surface area contributed by atoms with Crippen molar-refractivity contribution in [3.8, 4) is 16.9 Å². The van der Waals surface area contributed by atoms with Crippen LogP contribution in [0.3, 0.4) is 0 Å². The second kappa shape index (κ2) is 10.1. The fourth-order valence-corrected chi connectivity index (χ4v) is 5.58. The number of carboxylic acids is 1. The van der Waals surface area contributed by atoms with Crippen LogP contribution in [0.25, 0.3) is 32.9 Å². The number of hydrogen-bond donors (Lipinski definition) is 1. The maximum Gasteiger partial charge on any atom is 0.337 e. The zero-order valence-electron chi connectivity index (χ0n) is 23.8. The van der Waals surface area contributed by atoms with E-state index in [1.807, 2.05) is 71.3 Å². The van der Waals surface area contributed by atoms with Crippen molar-refractivity contribution in [3.63, 3.8) is 0 Å². The second-order valence-corrected chi connectivity index (χ2v) is 11.8. The van der Waals surface area contributed by atoms with Crippen molar-refractivity contribution in [3.05, 3.63) is 59.3 Å². The van der Waals surface area contributed by atoms with E-state index in [1.165, 1.54) is 5.56 Å². The van der Waals surface area contributed by atoms with Crippen molar-refractivity contribution in [2.75, 3.05) is 25.1 Å². The third kappa shape index (κ3) is 5.15. The topological polar surface area (TPSA) is 84.8 Å². The lowest BCUT2D eigenvalue weighted by molar-refractivity contribution is -0.160. The molecule has 2 aromatic carbocycles. The summed E-state index contributed by atoms with van der Waals surface area (Å²) in [4.78, 5) is 24.7. The third-order valence-electron chi connectivity index (χ3n) is 7.05. The Morgan fingerprint density at radius 3 is 2.64 bits per heavy atom. The number of anilines is 1. The number of carboxylic acid groups (broad SMARTS) is 1. The van der Waals surface area contributed by atoms with Gasteiger partial charge in [-0.3, -0.25) is 4.98 Å². The van der Waals surface area contributed by atoms with Gasteiger partial charge in [-0.2, -0.15) is 0 Å². The molecule has 39 heavy (non-hydrogen) atoms. The Morgan fingerprint density at radius 2 is 1.95 bits per heavy atom. The van der Waals surface area contributed by atoms with Crippen LogP contribution in [0.4, 0.5) is 5.82 Å². The first-order valence-electron chi connectivity index (χ1n) is 13.5. The van der Waals surface area contributed by atoms with Crippen LogP contribution in [-0.4, -0.2) is 46.8 Å². The van der Waals surface area contributed by atoms with Crippen molar-refractivity contribution >= 4 is 33.6 Å². The summed E-state index contributed by atoms with van der Waals surface area (Å²) in [5, 5.41) is 12.3. The van der Waals surface area contributed by atoms with Crippen LogP contribution in [0.2, 0.25) is 0 Å². The van der Waals surface area contributed by atoms with Crippen LogP contribution in [0.15, 0.2) is 42.6 Å². The Bertz CT molecular complexity index is 1560. The van der Waals surface area contributed by atoms with Crippen molar-refractivity contribution in [1.29, 1.82) is 0 Å². The predicted molar refractivity (Wildman–Crippen MR) is 156 cm³/mol. The highest BCUT2D eigenvalue weighted by Gasteiger charge is 2.33. The largest absolute Gasteiger partial charge is 0.493 e. The van der Waals surface area contributed by atoms with Crippen LogP contribution in [0.5, 0.6) is 5.75 Å². The first-order valence-corrected chi connectivity index (χ1v) is 13.5. The van der Waals surface area contributed by atoms with Gasteiger partial charge in [0.25, 0.3) is 0 Å². The number of nitrogens with zero attached hydrogens (tertiary/aromatic N) is 3. The third-order valence-corrected chi connectivity index (χ3v) is 7.05. The van der Waals surface area contributed by atoms with Gasteiger partial charge in [0.2, 0.25) is 0 Å². The predicted octanol–water partition coefficient (Wildman–Crippen LogP) is 6.73. The molecule has 0 saturated heterocycles. The number of aryl methyl sites for hydroxylation is 1. The van der Waals surface area contributed by atoms with E-state index in [0.717, 1.165) is 63.0 Å². The Kier molecular flexibility index (Phi) is 6.97. The fourth-order valence-electron chi connectivity index (χ4n) is 5.58. The molecule has 3 heterocycles. The summed E-state index contributed by atoms with van der Waals surface area (Å²) in [7, 11) is 2.05. The lowest BCUT2D eigenvalue weighted by Gasteiger charge is -2.29. The summed E-state index contributed by atoms with van der Waals surface area (Å²) in [6, 6.07) is 12.0. The summed E-state index contributed by atoms with van der Waals surface area (Å²) < 4.78 is 12.2. The van der Waals surface area contributed by atoms with Crippen molar-refractivity contribution in [2.24, 2.45) is 5.92 Å². The monoisotopic (exact) mass is 527 g/mol. The number of pyridine rings is 2. The molecule has 0 bridgehead atoms. The van der Waals surface area contributed by atoms with Crippen molar-refractivity contribution < 1.29 is 19.4 Å². The SMILES string of the molecule is Cc1cc2nc(N(C)CC(C)C)ccc2c(-c2ccc3c4c(ccnc24)CCO3)c1C(OC(C)(C)C)C(=O)O. The Hall–Kier alpha value is -3.71. The van der Waals surface area contributed by atoms with Crippen LogP contribution in [-0.2, 0) is 16.0 Å². The highest BCUT2D eigenvalue weighted by molar-refractivity contribution is 6.08. The molecule has 0 amide bonds. The molecule has 7 nitrogen and oxygen atoms in total. The minimum absolute atomic E-state index is 0.490. The number of rotatable bonds is 7. The molecule has 1 atom stereocenters. The van der Waals surface area contributed by atoms with Crippen LogP contribution in [0, 0.1) is 12.8 Å². The van der Waals surface area contributed by atoms with Crippen LogP contribution < -0.4 is 9.64 Å². The van der Waals surface area contributed by atoms with Gasteiger partial charge in [0, 0.05) is 48.1 Å². The molecular formula is C32H37N3O4. The minimum Gasteiger partial charge on any atom is -0.493 e. The normalized spacial score (nSPS) is 14.1. The standard InChI is InChI=1S/C32H37N3O4/c1-18(2)17-35(7)25-11-9-21-23(34-25)16-19(3)26(30(31(36)37)39-32(4,5)6)28(21)22-8-10-24-27-20(13-15-38-24)12-14-33-29(22)27/h8-12,14,16,18,30H,13,15,17H2,1-7H3,(H,36,37). The number of ether oxygens (including phenoxy) is 2. The summed E-state index contributed by atoms with van der Waals surface area (Å²) in [6.07, 6.45) is 1.45. The van der Waals surface area contributed by atoms with Gasteiger partial charge >= 0.3 is 5.97 Å². The van der Waals surface area contributed by atoms with E-state index in [4.69, 9.17) is 19.4 Å². The molecule has 1 unspecified atom stereocenters. The van der Waals surface area contributed by atoms with Gasteiger partial charge < -0.3 is 19.5 Å². The molecular weight excluding hydrogens is 490 g/mol. The molecule has 0 fully saturated rings. The molecule has 0 aliphatic carbocycles. The number of carbonyl (C=O) groups is 1. The number of hydrogen-bond acceptors (Lipinski definition) is 6. The maximum absolute atomic E-state index is 12.7. The van der Waals surface area contributed by atoms with E-state index in [9.17, 15) is 9.90 Å². The van der Waals surface area contributed by atoms with Gasteiger partial charge in [0.15, 0.2) is 6.10 Å². The van der Waals surface area contributed by atoms with E-state index in [0.29, 0.717) is 18.1 Å². The molecule has 0 radical (unpaired) electrons. The van der Waals surface area contributed by atoms with Crippen LogP contribution >= 0.6 is 0 Å². The lowest BCUT2D eigenvalue weighted by Crippen LogP contribution is -2.28.